The maximum Gasteiger partial charge on any atom is 0.259 e. The van der Waals surface area contributed by atoms with Crippen LogP contribution in [0.15, 0.2) is 24.3 Å². The molecule has 0 bridgehead atoms. The Hall–Kier alpha value is -2.01. The van der Waals surface area contributed by atoms with Crippen LogP contribution in [0.1, 0.15) is 36.8 Å². The molecule has 0 fully saturated rings. The van der Waals surface area contributed by atoms with Crippen molar-refractivity contribution in [1.29, 1.82) is 0 Å². The molecule has 1 aromatic heterocycles. The first-order chi connectivity index (χ1) is 9.29. The summed E-state index contributed by atoms with van der Waals surface area (Å²) in [5.41, 5.74) is 7.26. The number of rotatable bonds is 2. The van der Waals surface area contributed by atoms with Gasteiger partial charge in [-0.25, -0.2) is 0 Å². The molecule has 1 heterocycles. The number of para-hydroxylation sites is 1. The highest BCUT2D eigenvalue weighted by molar-refractivity contribution is 6.34. The lowest BCUT2D eigenvalue weighted by molar-refractivity contribution is 0.102. The fourth-order valence-electron chi connectivity index (χ4n) is 1.69. The molecule has 1 amide bonds. The second-order valence-electron chi connectivity index (χ2n) is 5.57. The minimum absolute atomic E-state index is 0.0644. The lowest BCUT2D eigenvalue weighted by Gasteiger charge is -2.14. The summed E-state index contributed by atoms with van der Waals surface area (Å²) in [4.78, 5) is 12.1. The minimum atomic E-state index is -0.336. The zero-order chi connectivity index (χ0) is 14.9. The van der Waals surface area contributed by atoms with Gasteiger partial charge in [0, 0.05) is 17.2 Å². The average molecular weight is 293 g/mol. The standard InChI is InChI=1S/C14H17ClN4O/c1-14(2,3)10-7-11(19-18-10)17-13(20)8-5-4-6-9(15)12(8)16/h4-7H,16H2,1-3H3,(H2,17,18,19,20). The zero-order valence-corrected chi connectivity index (χ0v) is 12.4. The smallest absolute Gasteiger partial charge is 0.259 e. The van der Waals surface area contributed by atoms with Gasteiger partial charge in [0.15, 0.2) is 5.82 Å². The number of hydrogen-bond acceptors (Lipinski definition) is 3. The Kier molecular flexibility index (Phi) is 3.72. The first-order valence-corrected chi connectivity index (χ1v) is 6.58. The van der Waals surface area contributed by atoms with Crippen molar-refractivity contribution < 1.29 is 4.79 Å². The van der Waals surface area contributed by atoms with Gasteiger partial charge in [0.1, 0.15) is 0 Å². The van der Waals surface area contributed by atoms with Crippen LogP contribution in [0, 0.1) is 0 Å². The molecule has 0 saturated carbocycles. The quantitative estimate of drug-likeness (QED) is 0.743. The zero-order valence-electron chi connectivity index (χ0n) is 11.6. The van der Waals surface area contributed by atoms with Gasteiger partial charge in [-0.05, 0) is 12.1 Å². The number of nitrogen functional groups attached to an aromatic ring is 1. The fraction of sp³-hybridized carbons (Fsp3) is 0.286. The Bertz CT molecular complexity index is 643. The number of benzene rings is 1. The summed E-state index contributed by atoms with van der Waals surface area (Å²) in [6.07, 6.45) is 0. The highest BCUT2D eigenvalue weighted by Crippen LogP contribution is 2.24. The van der Waals surface area contributed by atoms with Crippen molar-refractivity contribution in [1.82, 2.24) is 10.2 Å². The number of H-pyrrole nitrogens is 1. The number of amides is 1. The molecular formula is C14H17ClN4O. The van der Waals surface area contributed by atoms with Crippen LogP contribution in [0.25, 0.3) is 0 Å². The van der Waals surface area contributed by atoms with Crippen LogP contribution in [0.2, 0.25) is 5.02 Å². The molecular weight excluding hydrogens is 276 g/mol. The number of aromatic amines is 1. The fourth-order valence-corrected chi connectivity index (χ4v) is 1.86. The van der Waals surface area contributed by atoms with Gasteiger partial charge in [-0.2, -0.15) is 5.10 Å². The van der Waals surface area contributed by atoms with Gasteiger partial charge in [-0.15, -0.1) is 0 Å². The molecule has 0 aliphatic carbocycles. The van der Waals surface area contributed by atoms with Crippen LogP contribution in [-0.2, 0) is 5.41 Å². The maximum absolute atomic E-state index is 12.1. The Morgan fingerprint density at radius 2 is 2.10 bits per heavy atom. The van der Waals surface area contributed by atoms with E-state index in [9.17, 15) is 4.79 Å². The van der Waals surface area contributed by atoms with Crippen molar-refractivity contribution in [2.24, 2.45) is 0 Å². The lowest BCUT2D eigenvalue weighted by Crippen LogP contribution is -2.14. The number of carbonyl (C=O) groups excluding carboxylic acids is 1. The third kappa shape index (κ3) is 2.93. The second-order valence-corrected chi connectivity index (χ2v) is 5.98. The molecule has 20 heavy (non-hydrogen) atoms. The number of hydrogen-bond donors (Lipinski definition) is 3. The largest absolute Gasteiger partial charge is 0.397 e. The highest BCUT2D eigenvalue weighted by atomic mass is 35.5. The molecule has 0 aliphatic rings. The van der Waals surface area contributed by atoms with Gasteiger partial charge in [-0.3, -0.25) is 9.89 Å². The number of anilines is 2. The van der Waals surface area contributed by atoms with E-state index >= 15 is 0 Å². The maximum atomic E-state index is 12.1. The van der Waals surface area contributed by atoms with Gasteiger partial charge >= 0.3 is 0 Å². The topological polar surface area (TPSA) is 83.8 Å². The molecule has 0 spiro atoms. The molecule has 0 unspecified atom stereocenters. The third-order valence-corrected chi connectivity index (χ3v) is 3.25. The number of nitrogens with zero attached hydrogens (tertiary/aromatic N) is 1. The van der Waals surface area contributed by atoms with E-state index in [0.717, 1.165) is 5.69 Å². The van der Waals surface area contributed by atoms with E-state index in [2.05, 4.69) is 36.3 Å². The Morgan fingerprint density at radius 1 is 1.40 bits per heavy atom. The van der Waals surface area contributed by atoms with E-state index in [0.29, 0.717) is 16.4 Å². The first-order valence-electron chi connectivity index (χ1n) is 6.20. The summed E-state index contributed by atoms with van der Waals surface area (Å²) in [7, 11) is 0. The van der Waals surface area contributed by atoms with E-state index < -0.39 is 0 Å². The van der Waals surface area contributed by atoms with Crippen molar-refractivity contribution in [2.45, 2.75) is 26.2 Å². The molecule has 0 saturated heterocycles. The lowest BCUT2D eigenvalue weighted by atomic mass is 9.92. The summed E-state index contributed by atoms with van der Waals surface area (Å²) >= 11 is 5.90. The van der Waals surface area contributed by atoms with E-state index in [-0.39, 0.29) is 17.0 Å². The number of aromatic nitrogens is 2. The van der Waals surface area contributed by atoms with Gasteiger partial charge < -0.3 is 11.1 Å². The second kappa shape index (κ2) is 5.17. The Balaban J connectivity index is 2.20. The van der Waals surface area contributed by atoms with E-state index in [4.69, 9.17) is 17.3 Å². The van der Waals surface area contributed by atoms with Gasteiger partial charge in [-0.1, -0.05) is 38.4 Å². The van der Waals surface area contributed by atoms with E-state index in [1.165, 1.54) is 0 Å². The monoisotopic (exact) mass is 292 g/mol. The van der Waals surface area contributed by atoms with Gasteiger partial charge in [0.2, 0.25) is 0 Å². The summed E-state index contributed by atoms with van der Waals surface area (Å²) in [5, 5.41) is 10.0. The van der Waals surface area contributed by atoms with Crippen molar-refractivity contribution in [2.75, 3.05) is 11.1 Å². The summed E-state index contributed by atoms with van der Waals surface area (Å²) in [6.45, 7) is 6.17. The summed E-state index contributed by atoms with van der Waals surface area (Å²) in [5.74, 6) is 0.122. The van der Waals surface area contributed by atoms with Crippen LogP contribution in [0.5, 0.6) is 0 Å². The SMILES string of the molecule is CC(C)(C)c1cc(NC(=O)c2cccc(Cl)c2N)n[nH]1. The molecule has 0 radical (unpaired) electrons. The van der Waals surface area contributed by atoms with E-state index in [1.807, 2.05) is 0 Å². The van der Waals surface area contributed by atoms with Gasteiger partial charge in [0.25, 0.3) is 5.91 Å². The minimum Gasteiger partial charge on any atom is -0.397 e. The molecule has 0 atom stereocenters. The normalized spacial score (nSPS) is 11.4. The van der Waals surface area contributed by atoms with Crippen molar-refractivity contribution in [3.63, 3.8) is 0 Å². The van der Waals surface area contributed by atoms with Crippen LogP contribution >= 0.6 is 11.6 Å². The molecule has 1 aromatic carbocycles. The summed E-state index contributed by atoms with van der Waals surface area (Å²) < 4.78 is 0. The van der Waals surface area contributed by atoms with E-state index in [1.54, 1.807) is 24.3 Å². The van der Waals surface area contributed by atoms with Crippen molar-refractivity contribution >= 4 is 29.0 Å². The Labute approximate surface area is 122 Å². The third-order valence-electron chi connectivity index (χ3n) is 2.93. The van der Waals surface area contributed by atoms with Crippen LogP contribution < -0.4 is 11.1 Å². The molecule has 6 heteroatoms. The molecule has 2 aromatic rings. The predicted octanol–water partition coefficient (Wildman–Crippen LogP) is 3.20. The van der Waals surface area contributed by atoms with Crippen LogP contribution in [0.3, 0.4) is 0 Å². The summed E-state index contributed by atoms with van der Waals surface area (Å²) in [6, 6.07) is 6.74. The Morgan fingerprint density at radius 3 is 2.70 bits per heavy atom. The number of nitrogens with two attached hydrogens (primary N) is 1. The number of nitrogens with one attached hydrogen (secondary N) is 2. The number of carbonyl (C=O) groups is 1. The molecule has 5 nitrogen and oxygen atoms in total. The first kappa shape index (κ1) is 14.4. The molecule has 4 N–H and O–H groups in total. The van der Waals surface area contributed by atoms with Crippen LogP contribution in [-0.4, -0.2) is 16.1 Å². The molecule has 0 aliphatic heterocycles. The van der Waals surface area contributed by atoms with Gasteiger partial charge in [0.05, 0.1) is 16.3 Å². The van der Waals surface area contributed by atoms with Crippen molar-refractivity contribution in [3.8, 4) is 0 Å². The molecule has 106 valence electrons. The average Bonchev–Trinajstić information content (AvgIpc) is 2.81. The highest BCUT2D eigenvalue weighted by Gasteiger charge is 2.18. The predicted molar refractivity (Wildman–Crippen MR) is 81.1 cm³/mol. The number of halogens is 1. The van der Waals surface area contributed by atoms with Crippen LogP contribution in [0.4, 0.5) is 11.5 Å². The van der Waals surface area contributed by atoms with Crippen molar-refractivity contribution in [3.05, 3.63) is 40.5 Å². The molecule has 2 rings (SSSR count).